The molecule has 30 heavy (non-hydrogen) atoms. The first kappa shape index (κ1) is 19.8. The second kappa shape index (κ2) is 7.74. The van der Waals surface area contributed by atoms with E-state index in [4.69, 9.17) is 4.42 Å². The number of rotatable bonds is 5. The van der Waals surface area contributed by atoms with Gasteiger partial charge in [0.2, 0.25) is 11.8 Å². The molecule has 0 aliphatic carbocycles. The third kappa shape index (κ3) is 3.83. The largest absolute Gasteiger partial charge is 0.423 e. The number of carbonyl (C=O) groups is 2. The van der Waals surface area contributed by atoms with Crippen LogP contribution in [0.4, 0.5) is 4.79 Å². The van der Waals surface area contributed by atoms with Crippen molar-refractivity contribution in [3.63, 3.8) is 0 Å². The molecule has 0 saturated carbocycles. The van der Waals surface area contributed by atoms with Gasteiger partial charge in [-0.3, -0.25) is 9.69 Å². The summed E-state index contributed by atoms with van der Waals surface area (Å²) in [6, 6.07) is 17.9. The van der Waals surface area contributed by atoms with Crippen LogP contribution in [0.25, 0.3) is 0 Å². The van der Waals surface area contributed by atoms with Gasteiger partial charge in [0.1, 0.15) is 12.6 Å². The fraction of sp³-hybridized carbons (Fsp3) is 0.304. The van der Waals surface area contributed by atoms with E-state index in [1.807, 2.05) is 81.4 Å². The highest BCUT2D eigenvalue weighted by atomic mass is 16.4. The highest BCUT2D eigenvalue weighted by molar-refractivity contribution is 6.04. The van der Waals surface area contributed by atoms with Gasteiger partial charge in [-0.25, -0.2) is 4.79 Å². The van der Waals surface area contributed by atoms with Gasteiger partial charge in [-0.05, 0) is 11.1 Å². The minimum atomic E-state index is -0.691. The summed E-state index contributed by atoms with van der Waals surface area (Å²) in [5.74, 6) is 0.421. The minimum Gasteiger partial charge on any atom is -0.423 e. The molecule has 7 nitrogen and oxygen atoms in total. The van der Waals surface area contributed by atoms with E-state index in [0.29, 0.717) is 12.4 Å². The average Bonchev–Trinajstić information content (AvgIpc) is 3.29. The molecule has 4 rings (SSSR count). The lowest BCUT2D eigenvalue weighted by atomic mass is 9.97. The summed E-state index contributed by atoms with van der Waals surface area (Å²) in [6.45, 7) is 6.17. The molecule has 3 aromatic rings. The first-order valence-electron chi connectivity index (χ1n) is 9.88. The summed E-state index contributed by atoms with van der Waals surface area (Å²) in [7, 11) is 0. The molecule has 2 heterocycles. The summed E-state index contributed by atoms with van der Waals surface area (Å²) in [5.41, 5.74) is 1.42. The number of urea groups is 1. The number of imide groups is 1. The molecule has 2 aromatic carbocycles. The Kier molecular flexibility index (Phi) is 5.11. The number of carbonyl (C=O) groups excluding carboxylic acids is 2. The van der Waals surface area contributed by atoms with Crippen molar-refractivity contribution in [1.82, 2.24) is 20.0 Å². The van der Waals surface area contributed by atoms with Gasteiger partial charge in [0.15, 0.2) is 0 Å². The third-order valence-electron chi connectivity index (χ3n) is 5.00. The zero-order chi connectivity index (χ0) is 21.3. The maximum Gasteiger partial charge on any atom is 0.328 e. The standard InChI is InChI=1S/C23H24N4O3/c1-23(2,3)21-25-24-18(30-21)15-27-20(28)19(17-12-8-5-9-13-17)26(22(27)29)14-16-10-6-4-7-11-16/h4-13,19H,14-15H2,1-3H3. The van der Waals surface area contributed by atoms with Crippen LogP contribution in [0, 0.1) is 0 Å². The van der Waals surface area contributed by atoms with E-state index >= 15 is 0 Å². The Morgan fingerprint density at radius 1 is 0.900 bits per heavy atom. The summed E-state index contributed by atoms with van der Waals surface area (Å²) < 4.78 is 5.71. The molecule has 1 aliphatic rings. The first-order chi connectivity index (χ1) is 14.3. The van der Waals surface area contributed by atoms with Gasteiger partial charge in [-0.1, -0.05) is 81.4 Å². The van der Waals surface area contributed by atoms with Gasteiger partial charge in [-0.2, -0.15) is 0 Å². The zero-order valence-corrected chi connectivity index (χ0v) is 17.3. The minimum absolute atomic E-state index is 0.0463. The number of hydrogen-bond acceptors (Lipinski definition) is 5. The number of benzene rings is 2. The second-order valence-electron chi connectivity index (χ2n) is 8.38. The Hall–Kier alpha value is -3.48. The quantitative estimate of drug-likeness (QED) is 0.599. The normalized spacial score (nSPS) is 17.1. The molecule has 0 spiro atoms. The molecule has 1 fully saturated rings. The average molecular weight is 404 g/mol. The van der Waals surface area contributed by atoms with Crippen molar-refractivity contribution < 1.29 is 14.0 Å². The van der Waals surface area contributed by atoms with Crippen molar-refractivity contribution >= 4 is 11.9 Å². The number of aromatic nitrogens is 2. The van der Waals surface area contributed by atoms with Crippen molar-refractivity contribution in [2.75, 3.05) is 0 Å². The molecule has 7 heteroatoms. The number of amides is 3. The van der Waals surface area contributed by atoms with Crippen LogP contribution in [0.3, 0.4) is 0 Å². The smallest absolute Gasteiger partial charge is 0.328 e. The zero-order valence-electron chi connectivity index (χ0n) is 17.3. The third-order valence-corrected chi connectivity index (χ3v) is 5.00. The monoisotopic (exact) mass is 404 g/mol. The molecule has 1 aliphatic heterocycles. The van der Waals surface area contributed by atoms with E-state index in [9.17, 15) is 9.59 Å². The molecular weight excluding hydrogens is 380 g/mol. The van der Waals surface area contributed by atoms with Crippen LogP contribution in [0.1, 0.15) is 49.7 Å². The molecule has 1 saturated heterocycles. The van der Waals surface area contributed by atoms with E-state index in [0.717, 1.165) is 11.1 Å². The van der Waals surface area contributed by atoms with Gasteiger partial charge >= 0.3 is 6.03 Å². The van der Waals surface area contributed by atoms with Crippen molar-refractivity contribution in [1.29, 1.82) is 0 Å². The number of hydrogen-bond donors (Lipinski definition) is 0. The molecular formula is C23H24N4O3. The topological polar surface area (TPSA) is 79.5 Å². The predicted octanol–water partition coefficient (Wildman–Crippen LogP) is 4.07. The maximum atomic E-state index is 13.3. The van der Waals surface area contributed by atoms with Crippen LogP contribution in [0.15, 0.2) is 65.1 Å². The van der Waals surface area contributed by atoms with E-state index in [2.05, 4.69) is 10.2 Å². The van der Waals surface area contributed by atoms with E-state index < -0.39 is 6.04 Å². The van der Waals surface area contributed by atoms with Crippen LogP contribution < -0.4 is 0 Å². The summed E-state index contributed by atoms with van der Waals surface area (Å²) in [6.07, 6.45) is 0. The van der Waals surface area contributed by atoms with Gasteiger partial charge in [0.25, 0.3) is 5.91 Å². The molecule has 154 valence electrons. The summed E-state index contributed by atoms with van der Waals surface area (Å²) in [4.78, 5) is 29.3. The molecule has 3 amide bonds. The van der Waals surface area contributed by atoms with Crippen LogP contribution in [0.5, 0.6) is 0 Å². The van der Waals surface area contributed by atoms with Crippen molar-refractivity contribution in [2.45, 2.75) is 45.3 Å². The molecule has 0 radical (unpaired) electrons. The fourth-order valence-electron chi connectivity index (χ4n) is 3.44. The van der Waals surface area contributed by atoms with Crippen LogP contribution in [-0.2, 0) is 23.3 Å². The van der Waals surface area contributed by atoms with E-state index in [-0.39, 0.29) is 29.8 Å². The Labute approximate surface area is 175 Å². The maximum absolute atomic E-state index is 13.3. The highest BCUT2D eigenvalue weighted by Gasteiger charge is 2.46. The molecule has 1 atom stereocenters. The molecule has 1 aromatic heterocycles. The fourth-order valence-corrected chi connectivity index (χ4v) is 3.44. The Morgan fingerprint density at radius 2 is 1.53 bits per heavy atom. The van der Waals surface area contributed by atoms with Crippen LogP contribution in [0.2, 0.25) is 0 Å². The Morgan fingerprint density at radius 3 is 2.13 bits per heavy atom. The van der Waals surface area contributed by atoms with E-state index in [1.165, 1.54) is 4.90 Å². The Balaban J connectivity index is 1.64. The van der Waals surface area contributed by atoms with Gasteiger partial charge < -0.3 is 9.32 Å². The van der Waals surface area contributed by atoms with Crippen molar-refractivity contribution in [2.24, 2.45) is 0 Å². The van der Waals surface area contributed by atoms with Crippen LogP contribution >= 0.6 is 0 Å². The highest BCUT2D eigenvalue weighted by Crippen LogP contribution is 2.33. The van der Waals surface area contributed by atoms with Gasteiger partial charge in [0.05, 0.1) is 0 Å². The lowest BCUT2D eigenvalue weighted by Gasteiger charge is -2.22. The van der Waals surface area contributed by atoms with Gasteiger partial charge in [-0.15, -0.1) is 10.2 Å². The second-order valence-corrected chi connectivity index (χ2v) is 8.38. The van der Waals surface area contributed by atoms with Crippen molar-refractivity contribution in [3.05, 3.63) is 83.6 Å². The van der Waals surface area contributed by atoms with Gasteiger partial charge in [0, 0.05) is 12.0 Å². The van der Waals surface area contributed by atoms with Crippen molar-refractivity contribution in [3.8, 4) is 0 Å². The summed E-state index contributed by atoms with van der Waals surface area (Å²) in [5, 5.41) is 8.10. The molecule has 0 N–H and O–H groups in total. The molecule has 0 bridgehead atoms. The summed E-state index contributed by atoms with van der Waals surface area (Å²) >= 11 is 0. The number of nitrogens with zero attached hydrogens (tertiary/aromatic N) is 4. The van der Waals surface area contributed by atoms with Crippen LogP contribution in [-0.4, -0.2) is 31.9 Å². The molecule has 1 unspecified atom stereocenters. The predicted molar refractivity (Wildman–Crippen MR) is 110 cm³/mol. The SMILES string of the molecule is CC(C)(C)c1nnc(CN2C(=O)C(c3ccccc3)N(Cc3ccccc3)C2=O)o1. The Bertz CT molecular complexity index is 1040. The lowest BCUT2D eigenvalue weighted by Crippen LogP contribution is -2.32. The lowest BCUT2D eigenvalue weighted by molar-refractivity contribution is -0.129. The van der Waals surface area contributed by atoms with E-state index in [1.54, 1.807) is 4.90 Å². The first-order valence-corrected chi connectivity index (χ1v) is 9.88.